The third-order valence-electron chi connectivity index (χ3n) is 4.69. The van der Waals surface area contributed by atoms with Crippen molar-refractivity contribution in [3.8, 4) is 11.5 Å². The summed E-state index contributed by atoms with van der Waals surface area (Å²) in [6, 6.07) is 16.9. The van der Waals surface area contributed by atoms with E-state index in [9.17, 15) is 31.5 Å². The van der Waals surface area contributed by atoms with Crippen LogP contribution in [0.4, 0.5) is 18.9 Å². The van der Waals surface area contributed by atoms with Crippen LogP contribution in [0.15, 0.2) is 77.7 Å². The van der Waals surface area contributed by atoms with E-state index in [1.54, 1.807) is 30.3 Å². The third-order valence-corrected chi connectivity index (χ3v) is 6.45. The number of carboxylic acid groups (broad SMARTS) is 1. The number of rotatable bonds is 9. The molecule has 0 heterocycles. The fourth-order valence-electron chi connectivity index (χ4n) is 3.14. The molecule has 180 valence electrons. The van der Waals surface area contributed by atoms with E-state index in [1.165, 1.54) is 37.4 Å². The van der Waals surface area contributed by atoms with Gasteiger partial charge in [0.05, 0.1) is 24.1 Å². The minimum absolute atomic E-state index is 0.216. The lowest BCUT2D eigenvalue weighted by Crippen LogP contribution is -2.33. The quantitative estimate of drug-likeness (QED) is 0.461. The highest BCUT2D eigenvalue weighted by Gasteiger charge is 2.34. The van der Waals surface area contributed by atoms with Crippen molar-refractivity contribution in [3.05, 3.63) is 83.9 Å². The second kappa shape index (κ2) is 10.0. The number of hydrogen-bond acceptors (Lipinski definition) is 5. The van der Waals surface area contributed by atoms with E-state index in [0.29, 0.717) is 11.3 Å². The smallest absolute Gasteiger partial charge is 0.422 e. The van der Waals surface area contributed by atoms with Crippen molar-refractivity contribution in [3.63, 3.8) is 0 Å². The first kappa shape index (κ1) is 24.9. The molecule has 0 aromatic heterocycles. The molecule has 0 atom stereocenters. The summed E-state index contributed by atoms with van der Waals surface area (Å²) in [5.74, 6) is -1.69. The normalized spacial score (nSPS) is 11.6. The van der Waals surface area contributed by atoms with Crippen molar-refractivity contribution in [1.29, 1.82) is 0 Å². The van der Waals surface area contributed by atoms with E-state index in [2.05, 4.69) is 0 Å². The van der Waals surface area contributed by atoms with E-state index >= 15 is 0 Å². The third kappa shape index (κ3) is 5.79. The Kier molecular flexibility index (Phi) is 7.35. The maximum atomic E-state index is 13.7. The van der Waals surface area contributed by atoms with Crippen LogP contribution in [0.25, 0.3) is 0 Å². The molecule has 0 amide bonds. The number of sulfonamides is 1. The molecule has 0 saturated carbocycles. The van der Waals surface area contributed by atoms with Crippen LogP contribution < -0.4 is 13.8 Å². The first-order valence-corrected chi connectivity index (χ1v) is 11.2. The second-order valence-corrected chi connectivity index (χ2v) is 8.90. The first-order chi connectivity index (χ1) is 16.0. The summed E-state index contributed by atoms with van der Waals surface area (Å²) in [5.41, 5.74) is -0.576. The van der Waals surface area contributed by atoms with Crippen molar-refractivity contribution in [2.75, 3.05) is 18.0 Å². The molecule has 7 nitrogen and oxygen atoms in total. The molecular formula is C23H20F3NO6S. The largest absolute Gasteiger partial charge is 0.497 e. The molecule has 0 fully saturated rings. The topological polar surface area (TPSA) is 93.1 Å². The van der Waals surface area contributed by atoms with Crippen molar-refractivity contribution in [2.45, 2.75) is 17.6 Å². The highest BCUT2D eigenvalue weighted by Crippen LogP contribution is 2.38. The van der Waals surface area contributed by atoms with Crippen LogP contribution in [-0.2, 0) is 16.6 Å². The number of anilines is 1. The van der Waals surface area contributed by atoms with Gasteiger partial charge in [0, 0.05) is 0 Å². The van der Waals surface area contributed by atoms with Crippen LogP contribution in [0.3, 0.4) is 0 Å². The predicted octanol–water partition coefficient (Wildman–Crippen LogP) is 4.73. The van der Waals surface area contributed by atoms with Crippen LogP contribution in [0, 0.1) is 0 Å². The SMILES string of the molecule is COc1ccc(S(=O)(=O)N(Cc2ccccc2)c2c(OCC(F)(F)F)cccc2C(=O)O)cc1. The Hall–Kier alpha value is -3.73. The molecule has 0 aliphatic carbocycles. The van der Waals surface area contributed by atoms with Gasteiger partial charge >= 0.3 is 12.1 Å². The molecule has 0 aliphatic rings. The fourth-order valence-corrected chi connectivity index (χ4v) is 4.62. The van der Waals surface area contributed by atoms with Gasteiger partial charge in [-0.15, -0.1) is 0 Å². The van der Waals surface area contributed by atoms with Gasteiger partial charge in [0.2, 0.25) is 0 Å². The zero-order chi connectivity index (χ0) is 24.9. The number of para-hydroxylation sites is 1. The average molecular weight is 495 g/mol. The van der Waals surface area contributed by atoms with E-state index in [4.69, 9.17) is 9.47 Å². The van der Waals surface area contributed by atoms with E-state index in [0.717, 1.165) is 16.4 Å². The van der Waals surface area contributed by atoms with Crippen LogP contribution in [0.2, 0.25) is 0 Å². The molecule has 0 aliphatic heterocycles. The summed E-state index contributed by atoms with van der Waals surface area (Å²) >= 11 is 0. The molecule has 0 bridgehead atoms. The molecule has 3 aromatic rings. The predicted molar refractivity (Wildman–Crippen MR) is 118 cm³/mol. The summed E-state index contributed by atoms with van der Waals surface area (Å²) in [6.07, 6.45) is -4.73. The fraction of sp³-hybridized carbons (Fsp3) is 0.174. The number of halogens is 3. The van der Waals surface area contributed by atoms with Gasteiger partial charge < -0.3 is 14.6 Å². The van der Waals surface area contributed by atoms with Gasteiger partial charge in [-0.3, -0.25) is 4.31 Å². The van der Waals surface area contributed by atoms with E-state index in [-0.39, 0.29) is 11.4 Å². The second-order valence-electron chi connectivity index (χ2n) is 7.03. The summed E-state index contributed by atoms with van der Waals surface area (Å²) in [4.78, 5) is 11.7. The van der Waals surface area contributed by atoms with Gasteiger partial charge in [-0.05, 0) is 42.0 Å². The van der Waals surface area contributed by atoms with Gasteiger partial charge in [0.1, 0.15) is 17.2 Å². The van der Waals surface area contributed by atoms with Crippen LogP contribution >= 0.6 is 0 Å². The molecule has 1 N–H and O–H groups in total. The minimum Gasteiger partial charge on any atom is -0.497 e. The minimum atomic E-state index is -4.73. The Balaban J connectivity index is 2.22. The van der Waals surface area contributed by atoms with Crippen molar-refractivity contribution in [2.24, 2.45) is 0 Å². The Morgan fingerprint density at radius 3 is 2.18 bits per heavy atom. The standard InChI is InChI=1S/C23H20F3NO6S/c1-32-17-10-12-18(13-11-17)34(30,31)27(14-16-6-3-2-4-7-16)21-19(22(28)29)8-5-9-20(21)33-15-23(24,25)26/h2-13H,14-15H2,1H3,(H,28,29). The monoisotopic (exact) mass is 495 g/mol. The zero-order valence-corrected chi connectivity index (χ0v) is 18.6. The number of carboxylic acids is 1. The summed E-state index contributed by atoms with van der Waals surface area (Å²) in [6.45, 7) is -2.09. The van der Waals surface area contributed by atoms with Gasteiger partial charge in [0.25, 0.3) is 10.0 Å². The lowest BCUT2D eigenvalue weighted by Gasteiger charge is -2.28. The van der Waals surface area contributed by atoms with Crippen molar-refractivity contribution < 1.29 is 41.0 Å². The Labute approximate surface area is 194 Å². The Morgan fingerprint density at radius 2 is 1.62 bits per heavy atom. The van der Waals surface area contributed by atoms with Crippen molar-refractivity contribution in [1.82, 2.24) is 0 Å². The number of alkyl halides is 3. The zero-order valence-electron chi connectivity index (χ0n) is 17.8. The number of ether oxygens (including phenoxy) is 2. The van der Waals surface area contributed by atoms with Gasteiger partial charge in [-0.2, -0.15) is 13.2 Å². The maximum absolute atomic E-state index is 13.7. The molecule has 11 heteroatoms. The molecule has 0 spiro atoms. The summed E-state index contributed by atoms with van der Waals surface area (Å²) in [7, 11) is -3.06. The summed E-state index contributed by atoms with van der Waals surface area (Å²) < 4.78 is 76.6. The van der Waals surface area contributed by atoms with Crippen LogP contribution in [0.1, 0.15) is 15.9 Å². The van der Waals surface area contributed by atoms with Gasteiger partial charge in [0.15, 0.2) is 6.61 Å². The number of hydrogen-bond donors (Lipinski definition) is 1. The molecule has 3 aromatic carbocycles. The summed E-state index contributed by atoms with van der Waals surface area (Å²) in [5, 5.41) is 9.72. The number of carbonyl (C=O) groups is 1. The average Bonchev–Trinajstić information content (AvgIpc) is 2.81. The number of benzene rings is 3. The van der Waals surface area contributed by atoms with E-state index < -0.39 is 45.8 Å². The lowest BCUT2D eigenvalue weighted by atomic mass is 10.1. The van der Waals surface area contributed by atoms with Gasteiger partial charge in [-0.1, -0.05) is 36.4 Å². The van der Waals surface area contributed by atoms with Crippen LogP contribution in [-0.4, -0.2) is 39.4 Å². The van der Waals surface area contributed by atoms with E-state index in [1.807, 2.05) is 0 Å². The molecular weight excluding hydrogens is 475 g/mol. The molecule has 0 saturated heterocycles. The number of methoxy groups -OCH3 is 1. The number of nitrogens with zero attached hydrogens (tertiary/aromatic N) is 1. The highest BCUT2D eigenvalue weighted by atomic mass is 32.2. The Morgan fingerprint density at radius 1 is 0.971 bits per heavy atom. The molecule has 34 heavy (non-hydrogen) atoms. The lowest BCUT2D eigenvalue weighted by molar-refractivity contribution is -0.153. The molecule has 0 radical (unpaired) electrons. The van der Waals surface area contributed by atoms with Crippen molar-refractivity contribution >= 4 is 21.7 Å². The number of aromatic carboxylic acids is 1. The molecule has 0 unspecified atom stereocenters. The Bertz CT molecular complexity index is 1250. The van der Waals surface area contributed by atoms with Gasteiger partial charge in [-0.25, -0.2) is 13.2 Å². The van der Waals surface area contributed by atoms with Crippen LogP contribution in [0.5, 0.6) is 11.5 Å². The maximum Gasteiger partial charge on any atom is 0.422 e. The first-order valence-electron chi connectivity index (χ1n) is 9.79. The highest BCUT2D eigenvalue weighted by molar-refractivity contribution is 7.92. The molecule has 3 rings (SSSR count).